The molecule has 2 N–H and O–H groups in total. The second-order valence-corrected chi connectivity index (χ2v) is 14.3. The summed E-state index contributed by atoms with van der Waals surface area (Å²) in [6.45, 7) is 15.4. The molecule has 0 aromatic heterocycles. The maximum atomic E-state index is 12.0. The van der Waals surface area contributed by atoms with Gasteiger partial charge in [0.15, 0.2) is 0 Å². The molecule has 0 radical (unpaired) electrons. The van der Waals surface area contributed by atoms with Gasteiger partial charge in [-0.3, -0.25) is 9.59 Å². The molecule has 0 aromatic carbocycles. The fourth-order valence-corrected chi connectivity index (χ4v) is 5.40. The number of carbonyl (C=O) groups excluding carboxylic acids is 2. The molecule has 2 amide bonds. The first kappa shape index (κ1) is 42.1. The molecule has 0 saturated heterocycles. The van der Waals surface area contributed by atoms with Crippen molar-refractivity contribution in [3.63, 3.8) is 0 Å². The Kier molecular flexibility index (Phi) is 29.7. The molecular weight excluding hydrogens is 540 g/mol. The average Bonchev–Trinajstić information content (AvgIpc) is 2.96. The second kappa shape index (κ2) is 31.1. The zero-order valence-electron chi connectivity index (χ0n) is 30.1. The van der Waals surface area contributed by atoms with Gasteiger partial charge in [0.2, 0.25) is 11.8 Å². The molecule has 254 valence electrons. The van der Waals surface area contributed by atoms with Crippen LogP contribution in [-0.4, -0.2) is 24.9 Å². The van der Waals surface area contributed by atoms with Crippen molar-refractivity contribution < 1.29 is 9.59 Å². The third-order valence-electron chi connectivity index (χ3n) is 8.53. The van der Waals surface area contributed by atoms with Crippen LogP contribution in [0.3, 0.4) is 0 Å². The van der Waals surface area contributed by atoms with Crippen molar-refractivity contribution in [1.29, 1.82) is 0 Å². The third kappa shape index (κ3) is 33.0. The predicted molar refractivity (Wildman–Crippen MR) is 191 cm³/mol. The van der Waals surface area contributed by atoms with Gasteiger partial charge in [-0.25, -0.2) is 0 Å². The summed E-state index contributed by atoms with van der Waals surface area (Å²) in [6, 6.07) is 0. The van der Waals surface area contributed by atoms with E-state index in [1.165, 1.54) is 64.2 Å². The Morgan fingerprint density at radius 1 is 0.455 bits per heavy atom. The van der Waals surface area contributed by atoms with Gasteiger partial charge in [-0.1, -0.05) is 130 Å². The maximum Gasteiger partial charge on any atom is 0.219 e. The van der Waals surface area contributed by atoms with Crippen molar-refractivity contribution in [3.05, 3.63) is 0 Å². The van der Waals surface area contributed by atoms with Crippen LogP contribution < -0.4 is 10.6 Å². The minimum Gasteiger partial charge on any atom is -0.356 e. The van der Waals surface area contributed by atoms with Gasteiger partial charge in [-0.05, 0) is 74.0 Å². The highest BCUT2D eigenvalue weighted by Crippen LogP contribution is 2.16. The minimum absolute atomic E-state index is 0.215. The monoisotopic (exact) mass is 613 g/mol. The summed E-state index contributed by atoms with van der Waals surface area (Å²) in [5, 5.41) is 6.20. The van der Waals surface area contributed by atoms with Crippen molar-refractivity contribution in [2.45, 2.75) is 183 Å². The number of unbranched alkanes of at least 4 members (excludes halogenated alkanes) is 10. The van der Waals surface area contributed by atoms with E-state index in [0.717, 1.165) is 89.1 Å². The van der Waals surface area contributed by atoms with Crippen LogP contribution in [0.1, 0.15) is 183 Å². The Balaban J connectivity index is 3.49. The molecule has 4 nitrogen and oxygen atoms in total. The van der Waals surface area contributed by atoms with Gasteiger partial charge in [0.25, 0.3) is 0 Å². The molecule has 2 atom stereocenters. The first-order valence-corrected chi connectivity index (χ1v) is 18.7. The molecule has 0 spiro atoms. The molecule has 0 unspecified atom stereocenters. The highest BCUT2D eigenvalue weighted by Gasteiger charge is 2.07. The summed E-state index contributed by atoms with van der Waals surface area (Å²) in [4.78, 5) is 24.1. The fourth-order valence-electron chi connectivity index (χ4n) is 5.40. The summed E-state index contributed by atoms with van der Waals surface area (Å²) in [7, 11) is 0. The SMILES string of the molecule is CC(C)CCC[C@@H](C)CCNC(=O)CCCCCCCC#CC#CCCCCCCCC(=O)NCC[C@H](C)CCCC(C)C. The van der Waals surface area contributed by atoms with Crippen molar-refractivity contribution in [2.24, 2.45) is 23.7 Å². The van der Waals surface area contributed by atoms with E-state index in [2.05, 4.69) is 75.9 Å². The lowest BCUT2D eigenvalue weighted by atomic mass is 9.97. The summed E-state index contributed by atoms with van der Waals surface area (Å²) >= 11 is 0. The van der Waals surface area contributed by atoms with E-state index in [1.54, 1.807) is 0 Å². The lowest BCUT2D eigenvalue weighted by Gasteiger charge is -2.13. The lowest BCUT2D eigenvalue weighted by molar-refractivity contribution is -0.122. The maximum absolute atomic E-state index is 12.0. The summed E-state index contributed by atoms with van der Waals surface area (Å²) in [5.74, 6) is 15.8. The average molecular weight is 613 g/mol. The number of hydrogen-bond acceptors (Lipinski definition) is 2. The normalized spacial score (nSPS) is 12.3. The van der Waals surface area contributed by atoms with Crippen LogP contribution in [0.5, 0.6) is 0 Å². The first-order chi connectivity index (χ1) is 21.2. The quantitative estimate of drug-likeness (QED) is 0.0682. The molecule has 0 bridgehead atoms. The predicted octanol–water partition coefficient (Wildman–Crippen LogP) is 10.4. The molecule has 0 heterocycles. The third-order valence-corrected chi connectivity index (χ3v) is 8.53. The van der Waals surface area contributed by atoms with Gasteiger partial charge in [0.05, 0.1) is 0 Å². The Bertz CT molecular complexity index is 743. The number of hydrogen-bond donors (Lipinski definition) is 2. The van der Waals surface area contributed by atoms with Gasteiger partial charge < -0.3 is 10.6 Å². The van der Waals surface area contributed by atoms with Gasteiger partial charge >= 0.3 is 0 Å². The number of rotatable bonds is 28. The minimum atomic E-state index is 0.215. The van der Waals surface area contributed by atoms with Crippen molar-refractivity contribution in [3.8, 4) is 23.7 Å². The molecule has 0 aliphatic rings. The molecular formula is C40H72N2O2. The topological polar surface area (TPSA) is 58.2 Å². The van der Waals surface area contributed by atoms with Crippen LogP contribution in [0.2, 0.25) is 0 Å². The zero-order valence-corrected chi connectivity index (χ0v) is 30.1. The molecule has 0 aliphatic heterocycles. The number of nitrogens with one attached hydrogen (secondary N) is 2. The molecule has 0 fully saturated rings. The van der Waals surface area contributed by atoms with Crippen LogP contribution in [0, 0.1) is 47.4 Å². The summed E-state index contributed by atoms with van der Waals surface area (Å²) in [6.07, 6.45) is 24.3. The molecule has 0 aliphatic carbocycles. The number of carbonyl (C=O) groups is 2. The van der Waals surface area contributed by atoms with E-state index >= 15 is 0 Å². The highest BCUT2D eigenvalue weighted by atomic mass is 16.2. The van der Waals surface area contributed by atoms with E-state index in [0.29, 0.717) is 24.7 Å². The Morgan fingerprint density at radius 2 is 0.818 bits per heavy atom. The largest absolute Gasteiger partial charge is 0.356 e. The van der Waals surface area contributed by atoms with E-state index < -0.39 is 0 Å². The summed E-state index contributed by atoms with van der Waals surface area (Å²) < 4.78 is 0. The molecule has 0 rings (SSSR count). The lowest BCUT2D eigenvalue weighted by Crippen LogP contribution is -2.25. The second-order valence-electron chi connectivity index (χ2n) is 14.3. The standard InChI is InChI=1S/C40H72N2O2/c1-35(2)25-23-27-37(5)31-33-41-39(43)29-21-19-17-15-13-11-9-7-8-10-12-14-16-18-20-22-30-40(44)42-34-32-38(6)28-24-26-36(3)4/h35-38H,11-34H2,1-6H3,(H,41,43)(H,42,44)/t37-,38-/m1/s1. The van der Waals surface area contributed by atoms with Gasteiger partial charge in [-0.15, -0.1) is 0 Å². The van der Waals surface area contributed by atoms with E-state index in [9.17, 15) is 9.59 Å². The smallest absolute Gasteiger partial charge is 0.219 e. The van der Waals surface area contributed by atoms with Crippen LogP contribution in [-0.2, 0) is 9.59 Å². The fraction of sp³-hybridized carbons (Fsp3) is 0.850. The van der Waals surface area contributed by atoms with E-state index in [1.807, 2.05) is 0 Å². The molecule has 44 heavy (non-hydrogen) atoms. The van der Waals surface area contributed by atoms with Gasteiger partial charge in [0, 0.05) is 38.8 Å². The van der Waals surface area contributed by atoms with Crippen LogP contribution >= 0.6 is 0 Å². The van der Waals surface area contributed by atoms with Gasteiger partial charge in [0.1, 0.15) is 0 Å². The van der Waals surface area contributed by atoms with E-state index in [4.69, 9.17) is 0 Å². The van der Waals surface area contributed by atoms with Crippen molar-refractivity contribution in [1.82, 2.24) is 10.6 Å². The van der Waals surface area contributed by atoms with Gasteiger partial charge in [-0.2, -0.15) is 0 Å². The molecule has 0 aromatic rings. The summed E-state index contributed by atoms with van der Waals surface area (Å²) in [5.41, 5.74) is 0. The highest BCUT2D eigenvalue weighted by molar-refractivity contribution is 5.76. The van der Waals surface area contributed by atoms with E-state index in [-0.39, 0.29) is 11.8 Å². The zero-order chi connectivity index (χ0) is 32.7. The van der Waals surface area contributed by atoms with Crippen molar-refractivity contribution >= 4 is 11.8 Å². The Morgan fingerprint density at radius 3 is 1.20 bits per heavy atom. The Hall–Kier alpha value is -1.94. The Labute approximate surface area is 274 Å². The number of amides is 2. The van der Waals surface area contributed by atoms with Crippen LogP contribution in [0.15, 0.2) is 0 Å². The molecule has 4 heteroatoms. The van der Waals surface area contributed by atoms with Crippen LogP contribution in [0.4, 0.5) is 0 Å². The van der Waals surface area contributed by atoms with Crippen LogP contribution in [0.25, 0.3) is 0 Å². The van der Waals surface area contributed by atoms with Crippen molar-refractivity contribution in [2.75, 3.05) is 13.1 Å². The molecule has 0 saturated carbocycles. The first-order valence-electron chi connectivity index (χ1n) is 18.7.